The summed E-state index contributed by atoms with van der Waals surface area (Å²) in [5.74, 6) is 0.496. The largest absolute Gasteiger partial charge is 0.326 e. The predicted molar refractivity (Wildman–Crippen MR) is 81.1 cm³/mol. The van der Waals surface area contributed by atoms with E-state index < -0.39 is 20.6 Å². The van der Waals surface area contributed by atoms with E-state index in [1.54, 1.807) is 13.8 Å². The molecule has 1 aromatic carbocycles. The lowest BCUT2D eigenvalue weighted by molar-refractivity contribution is 0.482. The second-order valence-electron chi connectivity index (χ2n) is 6.08. The van der Waals surface area contributed by atoms with Gasteiger partial charge in [0.25, 0.3) is 0 Å². The number of hydrogen-bond acceptors (Lipinski definition) is 3. The van der Waals surface area contributed by atoms with E-state index in [9.17, 15) is 8.42 Å². The molecule has 0 aliphatic heterocycles. The van der Waals surface area contributed by atoms with Crippen LogP contribution in [0.2, 0.25) is 0 Å². The highest BCUT2D eigenvalue weighted by Crippen LogP contribution is 2.22. The lowest BCUT2D eigenvalue weighted by Gasteiger charge is -2.29. The first-order chi connectivity index (χ1) is 8.55. The van der Waals surface area contributed by atoms with Crippen molar-refractivity contribution in [3.05, 3.63) is 35.4 Å². The van der Waals surface area contributed by atoms with Crippen molar-refractivity contribution in [3.63, 3.8) is 0 Å². The summed E-state index contributed by atoms with van der Waals surface area (Å²) in [7, 11) is -3.17. The van der Waals surface area contributed by atoms with Crippen molar-refractivity contribution in [1.29, 1.82) is 0 Å². The first-order valence-electron chi connectivity index (χ1n) is 6.59. The van der Waals surface area contributed by atoms with Crippen LogP contribution in [0.5, 0.6) is 0 Å². The number of benzene rings is 1. The van der Waals surface area contributed by atoms with Gasteiger partial charge in [-0.2, -0.15) is 0 Å². The lowest BCUT2D eigenvalue weighted by Crippen LogP contribution is -2.49. The molecule has 0 saturated carbocycles. The van der Waals surface area contributed by atoms with E-state index in [1.807, 2.05) is 12.1 Å². The smallest absolute Gasteiger partial charge is 0.154 e. The Morgan fingerprint density at radius 1 is 1.16 bits per heavy atom. The van der Waals surface area contributed by atoms with Gasteiger partial charge in [-0.15, -0.1) is 0 Å². The van der Waals surface area contributed by atoms with Gasteiger partial charge in [0.2, 0.25) is 0 Å². The van der Waals surface area contributed by atoms with Crippen LogP contribution in [0.4, 0.5) is 0 Å². The molecule has 0 spiro atoms. The van der Waals surface area contributed by atoms with Crippen LogP contribution in [-0.2, 0) is 16.3 Å². The summed E-state index contributed by atoms with van der Waals surface area (Å²) >= 11 is 0. The standard InChI is InChI=1S/C15H25NO2S/c1-11(2)13-8-6-12(7-9-13)10-14(16)15(3,4)19(5,17)18/h6-9,11,14H,10,16H2,1-5H3. The molecule has 3 nitrogen and oxygen atoms in total. The Labute approximate surface area is 117 Å². The fourth-order valence-electron chi connectivity index (χ4n) is 1.81. The molecule has 0 amide bonds. The average molecular weight is 283 g/mol. The normalized spacial score (nSPS) is 14.7. The molecule has 0 saturated heterocycles. The molecule has 0 aliphatic carbocycles. The van der Waals surface area contributed by atoms with E-state index in [0.717, 1.165) is 5.56 Å². The van der Waals surface area contributed by atoms with Gasteiger partial charge in [0.15, 0.2) is 9.84 Å². The van der Waals surface area contributed by atoms with Crippen molar-refractivity contribution in [3.8, 4) is 0 Å². The highest BCUT2D eigenvalue weighted by Gasteiger charge is 2.36. The lowest BCUT2D eigenvalue weighted by atomic mass is 9.94. The topological polar surface area (TPSA) is 60.2 Å². The van der Waals surface area contributed by atoms with Crippen molar-refractivity contribution in [1.82, 2.24) is 0 Å². The molecule has 0 fully saturated rings. The van der Waals surface area contributed by atoms with E-state index in [4.69, 9.17) is 5.73 Å². The van der Waals surface area contributed by atoms with Gasteiger partial charge in [0.05, 0.1) is 4.75 Å². The van der Waals surface area contributed by atoms with Crippen molar-refractivity contribution in [2.45, 2.75) is 50.8 Å². The summed E-state index contributed by atoms with van der Waals surface area (Å²) in [6.45, 7) is 7.67. The average Bonchev–Trinajstić information content (AvgIpc) is 2.28. The second-order valence-corrected chi connectivity index (χ2v) is 8.68. The third-order valence-corrected chi connectivity index (χ3v) is 6.16. The molecule has 1 atom stereocenters. The molecular formula is C15H25NO2S. The van der Waals surface area contributed by atoms with E-state index in [-0.39, 0.29) is 0 Å². The Balaban J connectivity index is 2.86. The summed E-state index contributed by atoms with van der Waals surface area (Å²) in [4.78, 5) is 0. The molecule has 0 aliphatic rings. The van der Waals surface area contributed by atoms with Gasteiger partial charge in [-0.3, -0.25) is 0 Å². The molecule has 2 N–H and O–H groups in total. The molecule has 1 unspecified atom stereocenters. The third kappa shape index (κ3) is 3.80. The third-order valence-electron chi connectivity index (χ3n) is 3.95. The van der Waals surface area contributed by atoms with Gasteiger partial charge in [0, 0.05) is 12.3 Å². The first-order valence-corrected chi connectivity index (χ1v) is 8.49. The van der Waals surface area contributed by atoms with Gasteiger partial charge >= 0.3 is 0 Å². The summed E-state index contributed by atoms with van der Waals surface area (Å²) in [5.41, 5.74) is 8.44. The molecule has 1 rings (SSSR count). The second kappa shape index (κ2) is 5.63. The SMILES string of the molecule is CC(C)c1ccc(CC(N)C(C)(C)S(C)(=O)=O)cc1. The molecule has 0 aromatic heterocycles. The highest BCUT2D eigenvalue weighted by molar-refractivity contribution is 7.92. The minimum Gasteiger partial charge on any atom is -0.326 e. The van der Waals surface area contributed by atoms with Crippen LogP contribution in [0.25, 0.3) is 0 Å². The molecule has 0 bridgehead atoms. The summed E-state index contributed by atoms with van der Waals surface area (Å²) < 4.78 is 22.6. The zero-order chi connectivity index (χ0) is 14.8. The van der Waals surface area contributed by atoms with Gasteiger partial charge < -0.3 is 5.73 Å². The van der Waals surface area contributed by atoms with Crippen molar-refractivity contribution < 1.29 is 8.42 Å². The molecule has 19 heavy (non-hydrogen) atoms. The predicted octanol–water partition coefficient (Wildman–Crippen LogP) is 2.50. The van der Waals surface area contributed by atoms with E-state index in [1.165, 1.54) is 11.8 Å². The van der Waals surface area contributed by atoms with Crippen LogP contribution in [0, 0.1) is 0 Å². The fourth-order valence-corrected chi connectivity index (χ4v) is 2.45. The summed E-state index contributed by atoms with van der Waals surface area (Å²) in [6, 6.07) is 7.83. The van der Waals surface area contributed by atoms with Crippen LogP contribution in [0.3, 0.4) is 0 Å². The molecular weight excluding hydrogens is 258 g/mol. The Bertz CT molecular complexity index is 516. The monoisotopic (exact) mass is 283 g/mol. The van der Waals surface area contributed by atoms with Crippen LogP contribution in [0.15, 0.2) is 24.3 Å². The molecule has 108 valence electrons. The van der Waals surface area contributed by atoms with E-state index >= 15 is 0 Å². The number of sulfone groups is 1. The van der Waals surface area contributed by atoms with Crippen LogP contribution in [0.1, 0.15) is 44.7 Å². The van der Waals surface area contributed by atoms with Gasteiger partial charge in [-0.1, -0.05) is 38.1 Å². The minimum absolute atomic E-state index is 0.410. The molecule has 4 heteroatoms. The van der Waals surface area contributed by atoms with Crippen molar-refractivity contribution in [2.75, 3.05) is 6.26 Å². The zero-order valence-electron chi connectivity index (χ0n) is 12.5. The maximum atomic E-state index is 11.7. The molecule has 0 radical (unpaired) electrons. The fraction of sp³-hybridized carbons (Fsp3) is 0.600. The Kier molecular flexibility index (Phi) is 4.80. The quantitative estimate of drug-likeness (QED) is 0.903. The van der Waals surface area contributed by atoms with Crippen molar-refractivity contribution >= 4 is 9.84 Å². The number of hydrogen-bond donors (Lipinski definition) is 1. The van der Waals surface area contributed by atoms with Gasteiger partial charge in [0.1, 0.15) is 0 Å². The molecule has 0 heterocycles. The van der Waals surface area contributed by atoms with Crippen molar-refractivity contribution in [2.24, 2.45) is 5.73 Å². The van der Waals surface area contributed by atoms with Crippen LogP contribution in [-0.4, -0.2) is 25.5 Å². The van der Waals surface area contributed by atoms with Gasteiger partial charge in [-0.25, -0.2) is 8.42 Å². The van der Waals surface area contributed by atoms with E-state index in [0.29, 0.717) is 12.3 Å². The van der Waals surface area contributed by atoms with E-state index in [2.05, 4.69) is 26.0 Å². The zero-order valence-corrected chi connectivity index (χ0v) is 13.3. The van der Waals surface area contributed by atoms with Crippen LogP contribution >= 0.6 is 0 Å². The Morgan fingerprint density at radius 2 is 1.63 bits per heavy atom. The van der Waals surface area contributed by atoms with Gasteiger partial charge in [-0.05, 0) is 37.3 Å². The summed E-state index contributed by atoms with van der Waals surface area (Å²) in [6.07, 6.45) is 1.81. The maximum absolute atomic E-state index is 11.7. The highest BCUT2D eigenvalue weighted by atomic mass is 32.2. The minimum atomic E-state index is -3.17. The first kappa shape index (κ1) is 16.2. The number of rotatable bonds is 5. The Hall–Kier alpha value is -0.870. The molecule has 1 aromatic rings. The number of nitrogens with two attached hydrogens (primary N) is 1. The maximum Gasteiger partial charge on any atom is 0.154 e. The Morgan fingerprint density at radius 3 is 2.00 bits per heavy atom. The summed E-state index contributed by atoms with van der Waals surface area (Å²) in [5, 5.41) is 0. The van der Waals surface area contributed by atoms with Crippen LogP contribution < -0.4 is 5.73 Å².